The number of aromatic nitrogens is 1. The van der Waals surface area contributed by atoms with Crippen molar-refractivity contribution in [1.29, 1.82) is 0 Å². The van der Waals surface area contributed by atoms with Crippen LogP contribution in [0.2, 0.25) is 19.6 Å². The Labute approximate surface area is 86.3 Å². The van der Waals surface area contributed by atoms with E-state index in [9.17, 15) is 0 Å². The van der Waals surface area contributed by atoms with E-state index < -0.39 is 8.07 Å². The highest BCUT2D eigenvalue weighted by Crippen LogP contribution is 2.07. The maximum atomic E-state index is 5.02. The van der Waals surface area contributed by atoms with Crippen LogP contribution in [0.4, 0.5) is 0 Å². The molecule has 0 spiro atoms. The summed E-state index contributed by atoms with van der Waals surface area (Å²) >= 11 is 0. The van der Waals surface area contributed by atoms with Crippen LogP contribution in [-0.4, -0.2) is 20.2 Å². The molecule has 0 aliphatic rings. The molecule has 0 radical (unpaired) electrons. The van der Waals surface area contributed by atoms with Gasteiger partial charge in [0.05, 0.1) is 7.11 Å². The standard InChI is InChI=1S/C11H15NOSi/c1-13-11-9-10(5-7-12-11)6-8-14(2,3)4/h5,7,9H,1-4H3. The summed E-state index contributed by atoms with van der Waals surface area (Å²) in [5, 5.41) is 0. The Kier molecular flexibility index (Phi) is 3.31. The molecule has 14 heavy (non-hydrogen) atoms. The molecular formula is C11H15NOSi. The van der Waals surface area contributed by atoms with Crippen LogP contribution in [0, 0.1) is 11.5 Å². The Hall–Kier alpha value is -1.27. The third-order valence-electron chi connectivity index (χ3n) is 1.53. The highest BCUT2D eigenvalue weighted by molar-refractivity contribution is 6.83. The molecule has 1 rings (SSSR count). The van der Waals surface area contributed by atoms with Gasteiger partial charge in [0, 0.05) is 17.8 Å². The summed E-state index contributed by atoms with van der Waals surface area (Å²) in [6.07, 6.45) is 1.72. The molecule has 0 aliphatic heterocycles. The van der Waals surface area contributed by atoms with Crippen molar-refractivity contribution >= 4 is 8.07 Å². The molecule has 1 heterocycles. The molecule has 2 nitrogen and oxygen atoms in total. The maximum absolute atomic E-state index is 5.02. The lowest BCUT2D eigenvalue weighted by Crippen LogP contribution is -2.16. The predicted molar refractivity (Wildman–Crippen MR) is 61.0 cm³/mol. The molecular weight excluding hydrogens is 190 g/mol. The first-order valence-electron chi connectivity index (χ1n) is 4.54. The zero-order chi connectivity index (χ0) is 10.6. The molecule has 74 valence electrons. The largest absolute Gasteiger partial charge is 0.481 e. The van der Waals surface area contributed by atoms with Gasteiger partial charge in [0.25, 0.3) is 0 Å². The van der Waals surface area contributed by atoms with Gasteiger partial charge >= 0.3 is 0 Å². The average Bonchev–Trinajstić information content (AvgIpc) is 2.14. The van der Waals surface area contributed by atoms with Gasteiger partial charge in [-0.05, 0) is 6.07 Å². The normalized spacial score (nSPS) is 10.3. The van der Waals surface area contributed by atoms with Gasteiger partial charge in [0.1, 0.15) is 8.07 Å². The van der Waals surface area contributed by atoms with Gasteiger partial charge in [0.15, 0.2) is 0 Å². The second-order valence-electron chi connectivity index (χ2n) is 4.09. The van der Waals surface area contributed by atoms with Crippen molar-refractivity contribution in [3.05, 3.63) is 23.9 Å². The summed E-state index contributed by atoms with van der Waals surface area (Å²) in [6.45, 7) is 6.66. The average molecular weight is 205 g/mol. The monoisotopic (exact) mass is 205 g/mol. The van der Waals surface area contributed by atoms with Crippen LogP contribution in [0.3, 0.4) is 0 Å². The Bertz CT molecular complexity index is 371. The maximum Gasteiger partial charge on any atom is 0.214 e. The van der Waals surface area contributed by atoms with Gasteiger partial charge in [-0.2, -0.15) is 0 Å². The van der Waals surface area contributed by atoms with E-state index in [4.69, 9.17) is 4.74 Å². The second-order valence-corrected chi connectivity index (χ2v) is 8.84. The molecule has 0 atom stereocenters. The first-order chi connectivity index (χ1) is 6.51. The van der Waals surface area contributed by atoms with E-state index in [0.29, 0.717) is 5.88 Å². The van der Waals surface area contributed by atoms with Crippen molar-refractivity contribution in [3.8, 4) is 17.3 Å². The molecule has 1 aromatic rings. The number of hydrogen-bond acceptors (Lipinski definition) is 2. The van der Waals surface area contributed by atoms with Crippen LogP contribution in [0.25, 0.3) is 0 Å². The Morgan fingerprint density at radius 2 is 2.07 bits per heavy atom. The van der Waals surface area contributed by atoms with Crippen molar-refractivity contribution in [3.63, 3.8) is 0 Å². The topological polar surface area (TPSA) is 22.1 Å². The van der Waals surface area contributed by atoms with E-state index in [0.717, 1.165) is 5.56 Å². The summed E-state index contributed by atoms with van der Waals surface area (Å²) in [5.41, 5.74) is 4.27. The van der Waals surface area contributed by atoms with E-state index in [1.165, 1.54) is 0 Å². The summed E-state index contributed by atoms with van der Waals surface area (Å²) in [6, 6.07) is 3.75. The quantitative estimate of drug-likeness (QED) is 0.518. The lowest BCUT2D eigenvalue weighted by molar-refractivity contribution is 0.398. The van der Waals surface area contributed by atoms with Crippen molar-refractivity contribution in [2.45, 2.75) is 19.6 Å². The zero-order valence-electron chi connectivity index (χ0n) is 9.09. The second kappa shape index (κ2) is 4.29. The molecule has 1 aromatic heterocycles. The predicted octanol–water partition coefficient (Wildman–Crippen LogP) is 2.32. The number of methoxy groups -OCH3 is 1. The summed E-state index contributed by atoms with van der Waals surface area (Å²) in [4.78, 5) is 4.02. The smallest absolute Gasteiger partial charge is 0.214 e. The van der Waals surface area contributed by atoms with E-state index in [2.05, 4.69) is 36.1 Å². The van der Waals surface area contributed by atoms with Crippen LogP contribution in [0.15, 0.2) is 18.3 Å². The van der Waals surface area contributed by atoms with E-state index in [-0.39, 0.29) is 0 Å². The fraction of sp³-hybridized carbons (Fsp3) is 0.364. The minimum atomic E-state index is -1.29. The highest BCUT2D eigenvalue weighted by atomic mass is 28.3. The van der Waals surface area contributed by atoms with Crippen LogP contribution >= 0.6 is 0 Å². The first-order valence-corrected chi connectivity index (χ1v) is 8.04. The van der Waals surface area contributed by atoms with Gasteiger partial charge in [-0.3, -0.25) is 0 Å². The van der Waals surface area contributed by atoms with Gasteiger partial charge in [-0.25, -0.2) is 4.98 Å². The number of hydrogen-bond donors (Lipinski definition) is 0. The third-order valence-corrected chi connectivity index (χ3v) is 2.40. The van der Waals surface area contributed by atoms with Gasteiger partial charge in [-0.1, -0.05) is 25.6 Å². The van der Waals surface area contributed by atoms with E-state index in [1.54, 1.807) is 13.3 Å². The molecule has 0 fully saturated rings. The number of ether oxygens (including phenoxy) is 1. The molecule has 0 amide bonds. The molecule has 0 saturated heterocycles. The van der Waals surface area contributed by atoms with Crippen molar-refractivity contribution in [2.75, 3.05) is 7.11 Å². The number of nitrogens with zero attached hydrogens (tertiary/aromatic N) is 1. The molecule has 0 aliphatic carbocycles. The zero-order valence-corrected chi connectivity index (χ0v) is 10.1. The minimum absolute atomic E-state index is 0.618. The van der Waals surface area contributed by atoms with Crippen molar-refractivity contribution in [2.24, 2.45) is 0 Å². The molecule has 0 aromatic carbocycles. The summed E-state index contributed by atoms with van der Waals surface area (Å²) < 4.78 is 5.02. The van der Waals surface area contributed by atoms with E-state index in [1.807, 2.05) is 12.1 Å². The molecule has 0 bridgehead atoms. The fourth-order valence-corrected chi connectivity index (χ4v) is 1.38. The molecule has 0 unspecified atom stereocenters. The molecule has 3 heteroatoms. The lowest BCUT2D eigenvalue weighted by Gasteiger charge is -2.03. The summed E-state index contributed by atoms with van der Waals surface area (Å²) in [5.74, 6) is 3.77. The van der Waals surface area contributed by atoms with Gasteiger partial charge in [0.2, 0.25) is 5.88 Å². The minimum Gasteiger partial charge on any atom is -0.481 e. The van der Waals surface area contributed by atoms with E-state index >= 15 is 0 Å². The third kappa shape index (κ3) is 3.63. The SMILES string of the molecule is COc1cc(C#C[Si](C)(C)C)ccn1. The highest BCUT2D eigenvalue weighted by Gasteiger charge is 2.07. The molecule has 0 saturated carbocycles. The number of rotatable bonds is 1. The molecule has 0 N–H and O–H groups in total. The van der Waals surface area contributed by atoms with Crippen LogP contribution in [0.1, 0.15) is 5.56 Å². The lowest BCUT2D eigenvalue weighted by atomic mass is 10.3. The van der Waals surface area contributed by atoms with Crippen molar-refractivity contribution in [1.82, 2.24) is 4.98 Å². The Morgan fingerprint density at radius 3 is 2.64 bits per heavy atom. The fourth-order valence-electron chi connectivity index (χ4n) is 0.858. The number of pyridine rings is 1. The van der Waals surface area contributed by atoms with Gasteiger partial charge in [-0.15, -0.1) is 5.54 Å². The van der Waals surface area contributed by atoms with Crippen LogP contribution in [0.5, 0.6) is 5.88 Å². The van der Waals surface area contributed by atoms with Crippen LogP contribution in [-0.2, 0) is 0 Å². The van der Waals surface area contributed by atoms with Crippen molar-refractivity contribution < 1.29 is 4.74 Å². The first kappa shape index (κ1) is 10.8. The van der Waals surface area contributed by atoms with Crippen LogP contribution < -0.4 is 4.74 Å². The Balaban J connectivity index is 2.90. The summed E-state index contributed by atoms with van der Waals surface area (Å²) in [7, 11) is 0.319. The van der Waals surface area contributed by atoms with Gasteiger partial charge < -0.3 is 4.74 Å². The Morgan fingerprint density at radius 1 is 1.36 bits per heavy atom.